The molecule has 0 spiro atoms. The lowest BCUT2D eigenvalue weighted by Gasteiger charge is -2.35. The molecule has 1 aliphatic carbocycles. The van der Waals surface area contributed by atoms with Gasteiger partial charge < -0.3 is 9.80 Å². The third-order valence-electron chi connectivity index (χ3n) is 6.55. The lowest BCUT2D eigenvalue weighted by molar-refractivity contribution is -0.140. The summed E-state index contributed by atoms with van der Waals surface area (Å²) in [4.78, 5) is 28.6. The van der Waals surface area contributed by atoms with Crippen molar-refractivity contribution in [1.29, 1.82) is 0 Å². The van der Waals surface area contributed by atoms with Crippen LogP contribution in [-0.2, 0) is 28.9 Å². The molecule has 1 aromatic rings. The Morgan fingerprint density at radius 1 is 1.07 bits per heavy atom. The molecular formula is C24H29FN2O2. The minimum Gasteiger partial charge on any atom is -0.371 e. The number of allylic oxidation sites excluding steroid dienone is 3. The van der Waals surface area contributed by atoms with E-state index in [-0.39, 0.29) is 31.0 Å². The highest BCUT2D eigenvalue weighted by Crippen LogP contribution is 2.30. The second-order valence-corrected chi connectivity index (χ2v) is 8.34. The van der Waals surface area contributed by atoms with Crippen LogP contribution < -0.4 is 0 Å². The molecule has 0 saturated carbocycles. The summed E-state index contributed by atoms with van der Waals surface area (Å²) < 4.78 is 15.3. The first-order valence-electron chi connectivity index (χ1n) is 10.7. The number of hydrogen-bond acceptors (Lipinski definition) is 3. The van der Waals surface area contributed by atoms with Gasteiger partial charge in [0.2, 0.25) is 5.91 Å². The molecule has 0 aromatic heterocycles. The first kappa shape index (κ1) is 19.9. The number of piperidine rings is 1. The fourth-order valence-electron chi connectivity index (χ4n) is 4.50. The number of carbonyl (C=O) groups excluding carboxylic acids is 2. The molecule has 2 aliphatic heterocycles. The SMILES string of the molecule is CCC(=O)N1CCC(F)(C(=O)Cc2ccc3c(c2)CCN(C2=CC=C2)CC3)CC1. The van der Waals surface area contributed by atoms with Crippen molar-refractivity contribution in [3.63, 3.8) is 0 Å². The Labute approximate surface area is 172 Å². The van der Waals surface area contributed by atoms with Crippen LogP contribution in [0.25, 0.3) is 0 Å². The van der Waals surface area contributed by atoms with Gasteiger partial charge in [0.1, 0.15) is 0 Å². The Balaban J connectivity index is 1.38. The van der Waals surface area contributed by atoms with Gasteiger partial charge in [0, 0.05) is 57.6 Å². The van der Waals surface area contributed by atoms with Crippen molar-refractivity contribution < 1.29 is 14.0 Å². The van der Waals surface area contributed by atoms with Gasteiger partial charge in [-0.25, -0.2) is 4.39 Å². The molecule has 5 heteroatoms. The third-order valence-corrected chi connectivity index (χ3v) is 6.55. The molecule has 154 valence electrons. The highest BCUT2D eigenvalue weighted by Gasteiger charge is 2.41. The number of ketones is 1. The Hall–Kier alpha value is -2.43. The van der Waals surface area contributed by atoms with Crippen molar-refractivity contribution in [2.75, 3.05) is 26.2 Å². The lowest BCUT2D eigenvalue weighted by atomic mass is 9.85. The largest absolute Gasteiger partial charge is 0.371 e. The van der Waals surface area contributed by atoms with Crippen LogP contribution in [0.3, 0.4) is 0 Å². The molecule has 0 radical (unpaired) electrons. The van der Waals surface area contributed by atoms with Crippen molar-refractivity contribution >= 4 is 11.7 Å². The van der Waals surface area contributed by atoms with E-state index < -0.39 is 5.67 Å². The lowest BCUT2D eigenvalue weighted by Crippen LogP contribution is -2.48. The molecule has 0 unspecified atom stereocenters. The highest BCUT2D eigenvalue weighted by atomic mass is 19.1. The Kier molecular flexibility index (Phi) is 5.57. The van der Waals surface area contributed by atoms with Crippen LogP contribution in [0, 0.1) is 0 Å². The van der Waals surface area contributed by atoms with Gasteiger partial charge in [0.25, 0.3) is 0 Å². The second-order valence-electron chi connectivity index (χ2n) is 8.34. The van der Waals surface area contributed by atoms with E-state index in [1.807, 2.05) is 13.0 Å². The first-order chi connectivity index (χ1) is 14.0. The van der Waals surface area contributed by atoms with Crippen LogP contribution in [0.2, 0.25) is 0 Å². The molecule has 4 rings (SSSR count). The Morgan fingerprint density at radius 2 is 1.76 bits per heavy atom. The molecular weight excluding hydrogens is 367 g/mol. The van der Waals surface area contributed by atoms with E-state index in [0.717, 1.165) is 31.5 Å². The number of fused-ring (bicyclic) bond motifs is 1. The highest BCUT2D eigenvalue weighted by molar-refractivity contribution is 5.89. The number of halogens is 1. The minimum absolute atomic E-state index is 0.0347. The second kappa shape index (κ2) is 8.13. The van der Waals surface area contributed by atoms with Crippen LogP contribution in [0.5, 0.6) is 0 Å². The number of nitrogens with zero attached hydrogens (tertiary/aromatic N) is 2. The first-order valence-corrected chi connectivity index (χ1v) is 10.7. The fraction of sp³-hybridized carbons (Fsp3) is 0.500. The normalized spacial score (nSPS) is 20.4. The van der Waals surface area contributed by atoms with E-state index in [2.05, 4.69) is 35.3 Å². The van der Waals surface area contributed by atoms with E-state index in [4.69, 9.17) is 0 Å². The summed E-state index contributed by atoms with van der Waals surface area (Å²) in [7, 11) is 0. The predicted octanol–water partition coefficient (Wildman–Crippen LogP) is 3.39. The zero-order valence-corrected chi connectivity index (χ0v) is 17.1. The van der Waals surface area contributed by atoms with E-state index in [1.165, 1.54) is 16.8 Å². The van der Waals surface area contributed by atoms with E-state index in [0.29, 0.717) is 19.5 Å². The maximum absolute atomic E-state index is 15.3. The average Bonchev–Trinajstić information content (AvgIpc) is 2.89. The maximum Gasteiger partial charge on any atom is 0.222 e. The van der Waals surface area contributed by atoms with Crippen LogP contribution >= 0.6 is 0 Å². The number of alkyl halides is 1. The van der Waals surface area contributed by atoms with Gasteiger partial charge in [0.05, 0.1) is 0 Å². The smallest absolute Gasteiger partial charge is 0.222 e. The summed E-state index contributed by atoms with van der Waals surface area (Å²) in [6.07, 6.45) is 9.05. The van der Waals surface area contributed by atoms with Gasteiger partial charge >= 0.3 is 0 Å². The maximum atomic E-state index is 15.3. The quantitative estimate of drug-likeness (QED) is 0.766. The van der Waals surface area contributed by atoms with Crippen LogP contribution in [0.1, 0.15) is 42.9 Å². The Bertz CT molecular complexity index is 866. The summed E-state index contributed by atoms with van der Waals surface area (Å²) in [6, 6.07) is 6.19. The molecule has 1 saturated heterocycles. The number of carbonyl (C=O) groups is 2. The van der Waals surface area contributed by atoms with Crippen LogP contribution in [-0.4, -0.2) is 53.3 Å². The average molecular weight is 397 g/mol. The molecule has 2 heterocycles. The van der Waals surface area contributed by atoms with Crippen LogP contribution in [0.4, 0.5) is 4.39 Å². The van der Waals surface area contributed by atoms with Gasteiger partial charge in [-0.3, -0.25) is 9.59 Å². The zero-order valence-electron chi connectivity index (χ0n) is 17.1. The predicted molar refractivity (Wildman–Crippen MR) is 111 cm³/mol. The summed E-state index contributed by atoms with van der Waals surface area (Å²) in [5.74, 6) is -0.312. The fourth-order valence-corrected chi connectivity index (χ4v) is 4.50. The number of benzene rings is 1. The summed E-state index contributed by atoms with van der Waals surface area (Å²) in [5.41, 5.74) is 2.98. The molecule has 1 amide bonds. The minimum atomic E-state index is -1.81. The van der Waals surface area contributed by atoms with Gasteiger partial charge in [0.15, 0.2) is 11.5 Å². The topological polar surface area (TPSA) is 40.6 Å². The van der Waals surface area contributed by atoms with Gasteiger partial charge in [-0.2, -0.15) is 0 Å². The molecule has 0 bridgehead atoms. The van der Waals surface area contributed by atoms with Gasteiger partial charge in [-0.1, -0.05) is 31.2 Å². The molecule has 1 aromatic carbocycles. The van der Waals surface area contributed by atoms with Crippen LogP contribution in [0.15, 0.2) is 42.1 Å². The summed E-state index contributed by atoms with van der Waals surface area (Å²) in [5, 5.41) is 0. The molecule has 29 heavy (non-hydrogen) atoms. The van der Waals surface area contributed by atoms with Gasteiger partial charge in [-0.05, 0) is 41.7 Å². The standard InChI is InChI=1S/C24H29FN2O2/c1-2-23(29)27-14-10-24(25,11-15-27)22(28)17-18-6-7-19-8-12-26(21-4-3-5-21)13-9-20(19)16-18/h3-7,16H,2,8-15,17H2,1H3. The van der Waals surface area contributed by atoms with Crippen molar-refractivity contribution in [3.05, 3.63) is 58.8 Å². The molecule has 4 nitrogen and oxygen atoms in total. The summed E-state index contributed by atoms with van der Waals surface area (Å²) in [6.45, 7) is 4.44. The van der Waals surface area contributed by atoms with Crippen molar-refractivity contribution in [2.45, 2.75) is 51.1 Å². The number of Topliss-reactive ketones (excluding diaryl/α,β-unsaturated/α-hetero) is 1. The number of hydrogen-bond donors (Lipinski definition) is 0. The summed E-state index contributed by atoms with van der Waals surface area (Å²) >= 11 is 0. The molecule has 3 aliphatic rings. The number of amides is 1. The van der Waals surface area contributed by atoms with Gasteiger partial charge in [-0.15, -0.1) is 0 Å². The zero-order chi connectivity index (χ0) is 20.4. The molecule has 0 atom stereocenters. The van der Waals surface area contributed by atoms with E-state index >= 15 is 4.39 Å². The molecule has 0 N–H and O–H groups in total. The van der Waals surface area contributed by atoms with E-state index in [1.54, 1.807) is 4.90 Å². The van der Waals surface area contributed by atoms with Crippen molar-refractivity contribution in [1.82, 2.24) is 9.80 Å². The van der Waals surface area contributed by atoms with E-state index in [9.17, 15) is 9.59 Å². The van der Waals surface area contributed by atoms with Crippen molar-refractivity contribution in [3.8, 4) is 0 Å². The monoisotopic (exact) mass is 396 g/mol. The van der Waals surface area contributed by atoms with Crippen molar-refractivity contribution in [2.24, 2.45) is 0 Å². The third kappa shape index (κ3) is 4.14. The molecule has 1 fully saturated rings. The number of likely N-dealkylation sites (tertiary alicyclic amines) is 1. The Morgan fingerprint density at radius 3 is 2.38 bits per heavy atom. The number of rotatable bonds is 5.